The topological polar surface area (TPSA) is 85.8 Å². The van der Waals surface area contributed by atoms with Crippen molar-refractivity contribution < 1.29 is 23.9 Å². The molecular formula is C31H42N2O5. The van der Waals surface area contributed by atoms with Gasteiger partial charge in [-0.25, -0.2) is 0 Å². The van der Waals surface area contributed by atoms with Crippen LogP contribution in [0.2, 0.25) is 0 Å². The minimum atomic E-state index is -0.0207. The highest BCUT2D eigenvalue weighted by atomic mass is 16.5. The maximum Gasteiger partial charge on any atom is 0.373 e. The fourth-order valence-corrected chi connectivity index (χ4v) is 4.94. The van der Waals surface area contributed by atoms with Gasteiger partial charge in [0.05, 0.1) is 13.2 Å². The molecule has 206 valence electrons. The quantitative estimate of drug-likeness (QED) is 0.432. The van der Waals surface area contributed by atoms with Crippen LogP contribution in [0.5, 0.6) is 5.75 Å². The molecule has 0 spiro atoms. The molecule has 2 aromatic rings. The van der Waals surface area contributed by atoms with Crippen LogP contribution < -0.4 is 4.74 Å². The summed E-state index contributed by atoms with van der Waals surface area (Å²) in [7, 11) is 0. The summed E-state index contributed by atoms with van der Waals surface area (Å²) in [6, 6.07) is 10.7. The molecule has 4 rings (SSSR count). The van der Waals surface area contributed by atoms with E-state index in [2.05, 4.69) is 45.0 Å². The Kier molecular flexibility index (Phi) is 11.1. The number of carbonyl (C=O) groups excluding carboxylic acids is 3. The monoisotopic (exact) mass is 522 g/mol. The van der Waals surface area contributed by atoms with Crippen molar-refractivity contribution in [3.8, 4) is 5.75 Å². The number of benzene rings is 1. The van der Waals surface area contributed by atoms with Gasteiger partial charge < -0.3 is 14.4 Å². The number of amides is 1. The minimum Gasteiger partial charge on any atom is -0.493 e. The smallest absolute Gasteiger partial charge is 0.373 e. The van der Waals surface area contributed by atoms with E-state index in [9.17, 15) is 4.79 Å². The first-order chi connectivity index (χ1) is 18.2. The van der Waals surface area contributed by atoms with Crippen LogP contribution in [0.3, 0.4) is 0 Å². The van der Waals surface area contributed by atoms with Gasteiger partial charge in [-0.3, -0.25) is 9.78 Å². The zero-order chi connectivity index (χ0) is 27.5. The van der Waals surface area contributed by atoms with E-state index in [0.717, 1.165) is 50.2 Å². The molecular weight excluding hydrogens is 480 g/mol. The standard InChI is InChI=1S/C30H42N2O3.CO2/c1-22-19-24-10-12-27(35-16-13-26-11-9-23-7-5-6-8-28(23)31-26)20-25(24)21-32(29(22)33)15-18-34-17-14-30(2,3)4;2-1-3/h9-12,20,22H,5-8,13-19,21H2,1-4H3;/t22-;/m1./s1. The fraction of sp³-hybridized carbons (Fsp3) is 0.581. The third-order valence-electron chi connectivity index (χ3n) is 7.16. The molecule has 1 aromatic heterocycles. The molecule has 1 atom stereocenters. The van der Waals surface area contributed by atoms with Crippen LogP contribution in [0.25, 0.3) is 0 Å². The summed E-state index contributed by atoms with van der Waals surface area (Å²) < 4.78 is 12.0. The van der Waals surface area contributed by atoms with Gasteiger partial charge in [0.15, 0.2) is 0 Å². The molecule has 0 fully saturated rings. The van der Waals surface area contributed by atoms with Crippen molar-refractivity contribution in [1.82, 2.24) is 9.88 Å². The van der Waals surface area contributed by atoms with E-state index < -0.39 is 0 Å². The minimum absolute atomic E-state index is 0.0207. The highest BCUT2D eigenvalue weighted by Gasteiger charge is 2.26. The van der Waals surface area contributed by atoms with Gasteiger partial charge in [0.1, 0.15) is 5.75 Å². The molecule has 0 unspecified atom stereocenters. The van der Waals surface area contributed by atoms with Gasteiger partial charge in [-0.05, 0) is 78.8 Å². The number of ether oxygens (including phenoxy) is 2. The number of hydrogen-bond donors (Lipinski definition) is 0. The first-order valence-corrected chi connectivity index (χ1v) is 13.8. The average molecular weight is 523 g/mol. The molecule has 1 amide bonds. The Morgan fingerprint density at radius 3 is 2.50 bits per heavy atom. The summed E-state index contributed by atoms with van der Waals surface area (Å²) in [6.45, 7) is 11.8. The molecule has 0 saturated heterocycles. The SMILES string of the molecule is C[C@@H]1Cc2ccc(OCCc3ccc4c(n3)CCCC4)cc2CN(CCOCCC(C)(C)C)C1=O.O=C=O. The average Bonchev–Trinajstić information content (AvgIpc) is 2.99. The lowest BCUT2D eigenvalue weighted by Gasteiger charge is -2.24. The summed E-state index contributed by atoms with van der Waals surface area (Å²) in [4.78, 5) is 36.1. The third-order valence-corrected chi connectivity index (χ3v) is 7.16. The number of carbonyl (C=O) groups is 1. The first-order valence-electron chi connectivity index (χ1n) is 13.8. The lowest BCUT2D eigenvalue weighted by molar-refractivity contribution is -0.191. The Hall–Kier alpha value is -3.02. The Bertz CT molecular complexity index is 1100. The molecule has 7 heteroatoms. The van der Waals surface area contributed by atoms with Gasteiger partial charge >= 0.3 is 6.15 Å². The van der Waals surface area contributed by atoms with Crippen LogP contribution in [0.1, 0.15) is 75.0 Å². The van der Waals surface area contributed by atoms with Gasteiger partial charge in [-0.1, -0.05) is 39.8 Å². The zero-order valence-corrected chi connectivity index (χ0v) is 23.4. The van der Waals surface area contributed by atoms with Crippen molar-refractivity contribution in [1.29, 1.82) is 0 Å². The molecule has 0 saturated carbocycles. The second-order valence-electron chi connectivity index (χ2n) is 11.5. The summed E-state index contributed by atoms with van der Waals surface area (Å²) >= 11 is 0. The first kappa shape index (κ1) is 29.5. The zero-order valence-electron chi connectivity index (χ0n) is 23.4. The van der Waals surface area contributed by atoms with Crippen LogP contribution in [0.4, 0.5) is 0 Å². The number of pyridine rings is 1. The third kappa shape index (κ3) is 9.07. The van der Waals surface area contributed by atoms with E-state index in [4.69, 9.17) is 24.0 Å². The number of aromatic nitrogens is 1. The number of fused-ring (bicyclic) bond motifs is 2. The predicted molar refractivity (Wildman–Crippen MR) is 145 cm³/mol. The second-order valence-corrected chi connectivity index (χ2v) is 11.5. The largest absolute Gasteiger partial charge is 0.493 e. The van der Waals surface area contributed by atoms with E-state index in [1.807, 2.05) is 17.9 Å². The van der Waals surface area contributed by atoms with E-state index in [0.29, 0.717) is 26.3 Å². The molecule has 2 aliphatic rings. The maximum absolute atomic E-state index is 13.0. The van der Waals surface area contributed by atoms with Crippen molar-refractivity contribution in [3.05, 3.63) is 58.4 Å². The van der Waals surface area contributed by atoms with Crippen LogP contribution in [0.15, 0.2) is 30.3 Å². The van der Waals surface area contributed by atoms with E-state index in [1.54, 1.807) is 0 Å². The molecule has 0 N–H and O–H groups in total. The number of nitrogens with zero attached hydrogens (tertiary/aromatic N) is 2. The molecule has 38 heavy (non-hydrogen) atoms. The highest BCUT2D eigenvalue weighted by molar-refractivity contribution is 5.79. The summed E-state index contributed by atoms with van der Waals surface area (Å²) in [5.74, 6) is 1.05. The van der Waals surface area contributed by atoms with Gasteiger partial charge in [-0.2, -0.15) is 9.59 Å². The van der Waals surface area contributed by atoms with E-state index in [1.165, 1.54) is 35.2 Å². The van der Waals surface area contributed by atoms with Gasteiger partial charge in [0.2, 0.25) is 5.91 Å². The Labute approximate surface area is 226 Å². The molecule has 1 aliphatic heterocycles. The number of aryl methyl sites for hydroxylation is 2. The summed E-state index contributed by atoms with van der Waals surface area (Å²) in [6.07, 6.45) is 7.63. The molecule has 0 radical (unpaired) electrons. The lowest BCUT2D eigenvalue weighted by atomic mass is 9.93. The number of rotatable bonds is 9. The summed E-state index contributed by atoms with van der Waals surface area (Å²) in [5.41, 5.74) is 6.49. The van der Waals surface area contributed by atoms with Gasteiger partial charge in [0.25, 0.3) is 0 Å². The van der Waals surface area contributed by atoms with E-state index in [-0.39, 0.29) is 23.4 Å². The predicted octanol–water partition coefficient (Wildman–Crippen LogP) is 4.97. The molecule has 1 aromatic carbocycles. The molecule has 2 heterocycles. The van der Waals surface area contributed by atoms with Crippen LogP contribution in [-0.4, -0.2) is 48.3 Å². The fourth-order valence-electron chi connectivity index (χ4n) is 4.94. The van der Waals surface area contributed by atoms with Crippen LogP contribution >= 0.6 is 0 Å². The maximum atomic E-state index is 13.0. The van der Waals surface area contributed by atoms with E-state index >= 15 is 0 Å². The lowest BCUT2D eigenvalue weighted by Crippen LogP contribution is -2.36. The van der Waals surface area contributed by atoms with Crippen molar-refractivity contribution in [2.75, 3.05) is 26.4 Å². The van der Waals surface area contributed by atoms with Crippen molar-refractivity contribution in [2.45, 2.75) is 79.2 Å². The molecule has 7 nitrogen and oxygen atoms in total. The van der Waals surface area contributed by atoms with Crippen molar-refractivity contribution in [3.63, 3.8) is 0 Å². The van der Waals surface area contributed by atoms with Gasteiger partial charge in [0, 0.05) is 43.4 Å². The summed E-state index contributed by atoms with van der Waals surface area (Å²) in [5, 5.41) is 0. The Balaban J connectivity index is 0.00000127. The molecule has 1 aliphatic carbocycles. The second kappa shape index (κ2) is 14.2. The molecule has 0 bridgehead atoms. The Morgan fingerprint density at radius 2 is 1.74 bits per heavy atom. The highest BCUT2D eigenvalue weighted by Crippen LogP contribution is 2.27. The van der Waals surface area contributed by atoms with Crippen molar-refractivity contribution >= 4 is 12.1 Å². The number of hydrogen-bond acceptors (Lipinski definition) is 6. The van der Waals surface area contributed by atoms with Crippen LogP contribution in [-0.2, 0) is 51.3 Å². The van der Waals surface area contributed by atoms with Crippen LogP contribution in [0, 0.1) is 11.3 Å². The Morgan fingerprint density at radius 1 is 1.00 bits per heavy atom. The van der Waals surface area contributed by atoms with Crippen molar-refractivity contribution in [2.24, 2.45) is 11.3 Å². The normalized spacial score (nSPS) is 16.9. The van der Waals surface area contributed by atoms with Gasteiger partial charge in [-0.15, -0.1) is 0 Å².